The van der Waals surface area contributed by atoms with Crippen LogP contribution in [0, 0.1) is 11.8 Å². The molecule has 174 valence electrons. The van der Waals surface area contributed by atoms with E-state index >= 15 is 0 Å². The van der Waals surface area contributed by atoms with Crippen molar-refractivity contribution in [3.05, 3.63) is 16.3 Å². The molecule has 0 aromatic carbocycles. The lowest BCUT2D eigenvalue weighted by molar-refractivity contribution is -0.136. The topological polar surface area (TPSA) is 49.3 Å². The van der Waals surface area contributed by atoms with E-state index in [0.29, 0.717) is 11.8 Å². The van der Waals surface area contributed by atoms with Crippen molar-refractivity contribution in [2.24, 2.45) is 11.8 Å². The molecule has 2 aliphatic carbocycles. The highest BCUT2D eigenvalue weighted by Crippen LogP contribution is 2.42. The average Bonchev–Trinajstić information content (AvgIpc) is 3.20. The first-order chi connectivity index (χ1) is 15.5. The molecule has 2 aromatic rings. The van der Waals surface area contributed by atoms with Crippen molar-refractivity contribution in [1.82, 2.24) is 14.9 Å². The predicted octanol–water partition coefficient (Wildman–Crippen LogP) is 5.56. The highest BCUT2D eigenvalue weighted by Gasteiger charge is 2.31. The van der Waals surface area contributed by atoms with Gasteiger partial charge in [0.2, 0.25) is 5.91 Å². The maximum atomic E-state index is 13.1. The molecule has 1 saturated heterocycles. The summed E-state index contributed by atoms with van der Waals surface area (Å²) in [7, 11) is 0. The number of hydrogen-bond acceptors (Lipinski definition) is 5. The van der Waals surface area contributed by atoms with Crippen LogP contribution < -0.4 is 4.90 Å². The van der Waals surface area contributed by atoms with Gasteiger partial charge in [0.1, 0.15) is 16.5 Å². The SMILES string of the molecule is CCC(C)c1nc(N2CCN(C(=O)C3CCCCC3)CC2)c2c3c(sc2n1)CC(C)CC3. The fourth-order valence-electron chi connectivity index (χ4n) is 5.72. The summed E-state index contributed by atoms with van der Waals surface area (Å²) >= 11 is 1.91. The van der Waals surface area contributed by atoms with Crippen LogP contribution in [-0.2, 0) is 17.6 Å². The molecule has 2 atom stereocenters. The summed E-state index contributed by atoms with van der Waals surface area (Å²) in [6.45, 7) is 10.2. The summed E-state index contributed by atoms with van der Waals surface area (Å²) in [6.07, 6.45) is 10.5. The number of nitrogens with zero attached hydrogens (tertiary/aromatic N) is 4. The lowest BCUT2D eigenvalue weighted by Gasteiger charge is -2.38. The molecule has 2 fully saturated rings. The number of piperazine rings is 1. The van der Waals surface area contributed by atoms with E-state index < -0.39 is 0 Å². The van der Waals surface area contributed by atoms with Crippen molar-refractivity contribution in [2.45, 2.75) is 84.5 Å². The number of aromatic nitrogens is 2. The third kappa shape index (κ3) is 4.15. The van der Waals surface area contributed by atoms with Gasteiger partial charge < -0.3 is 9.80 Å². The molecule has 1 aliphatic heterocycles. The molecule has 32 heavy (non-hydrogen) atoms. The lowest BCUT2D eigenvalue weighted by Crippen LogP contribution is -2.51. The van der Waals surface area contributed by atoms with Crippen molar-refractivity contribution < 1.29 is 4.79 Å². The van der Waals surface area contributed by atoms with Crippen LogP contribution in [0.25, 0.3) is 10.2 Å². The van der Waals surface area contributed by atoms with Gasteiger partial charge in [-0.2, -0.15) is 0 Å². The van der Waals surface area contributed by atoms with Crippen molar-refractivity contribution in [2.75, 3.05) is 31.1 Å². The summed E-state index contributed by atoms with van der Waals surface area (Å²) < 4.78 is 0. The van der Waals surface area contributed by atoms with E-state index in [2.05, 4.69) is 30.6 Å². The smallest absolute Gasteiger partial charge is 0.225 e. The first-order valence-electron chi connectivity index (χ1n) is 12.9. The van der Waals surface area contributed by atoms with Gasteiger partial charge in [-0.25, -0.2) is 9.97 Å². The zero-order chi connectivity index (χ0) is 22.2. The first-order valence-corrected chi connectivity index (χ1v) is 13.7. The van der Waals surface area contributed by atoms with Gasteiger partial charge in [0, 0.05) is 42.9 Å². The molecule has 0 radical (unpaired) electrons. The van der Waals surface area contributed by atoms with E-state index in [9.17, 15) is 4.79 Å². The number of fused-ring (bicyclic) bond motifs is 3. The minimum atomic E-state index is 0.268. The summed E-state index contributed by atoms with van der Waals surface area (Å²) in [5.41, 5.74) is 1.51. The van der Waals surface area contributed by atoms with Crippen molar-refractivity contribution in [3.63, 3.8) is 0 Å². The Bertz CT molecular complexity index is 972. The third-order valence-electron chi connectivity index (χ3n) is 8.05. The van der Waals surface area contributed by atoms with Crippen molar-refractivity contribution >= 4 is 33.3 Å². The molecule has 5 nitrogen and oxygen atoms in total. The highest BCUT2D eigenvalue weighted by molar-refractivity contribution is 7.19. The normalized spacial score (nSPS) is 23.4. The summed E-state index contributed by atoms with van der Waals surface area (Å²) in [5, 5.41) is 1.32. The summed E-state index contributed by atoms with van der Waals surface area (Å²) in [6, 6.07) is 0. The first kappa shape index (κ1) is 22.1. The fourth-order valence-corrected chi connectivity index (χ4v) is 7.10. The lowest BCUT2D eigenvalue weighted by atomic mass is 9.88. The van der Waals surface area contributed by atoms with Gasteiger partial charge in [-0.3, -0.25) is 4.79 Å². The zero-order valence-corrected chi connectivity index (χ0v) is 20.8. The Balaban J connectivity index is 1.42. The Morgan fingerprint density at radius 2 is 1.84 bits per heavy atom. The van der Waals surface area contributed by atoms with Gasteiger partial charge in [-0.15, -0.1) is 11.3 Å². The van der Waals surface area contributed by atoms with Crippen molar-refractivity contribution in [3.8, 4) is 0 Å². The molecule has 0 bridgehead atoms. The van der Waals surface area contributed by atoms with Crippen LogP contribution in [0.3, 0.4) is 0 Å². The Morgan fingerprint density at radius 3 is 2.56 bits per heavy atom. The van der Waals surface area contributed by atoms with E-state index in [0.717, 1.165) is 69.4 Å². The van der Waals surface area contributed by atoms with Gasteiger partial charge in [0.25, 0.3) is 0 Å². The fraction of sp³-hybridized carbons (Fsp3) is 0.731. The molecule has 2 unspecified atom stereocenters. The maximum absolute atomic E-state index is 13.1. The minimum Gasteiger partial charge on any atom is -0.352 e. The van der Waals surface area contributed by atoms with E-state index in [1.807, 2.05) is 11.3 Å². The monoisotopic (exact) mass is 454 g/mol. The van der Waals surface area contributed by atoms with Crippen molar-refractivity contribution in [1.29, 1.82) is 0 Å². The Hall–Kier alpha value is -1.69. The molecular formula is C26H38N4OS. The molecule has 1 amide bonds. The van der Waals surface area contributed by atoms with Crippen LogP contribution in [0.4, 0.5) is 5.82 Å². The number of rotatable bonds is 4. The summed E-state index contributed by atoms with van der Waals surface area (Å²) in [4.78, 5) is 30.6. The number of amides is 1. The highest BCUT2D eigenvalue weighted by atomic mass is 32.1. The van der Waals surface area contributed by atoms with Crippen LogP contribution in [0.5, 0.6) is 0 Å². The van der Waals surface area contributed by atoms with Crippen LogP contribution in [0.1, 0.15) is 87.9 Å². The van der Waals surface area contributed by atoms with Crippen LogP contribution in [0.15, 0.2) is 0 Å². The van der Waals surface area contributed by atoms with Gasteiger partial charge in [0.05, 0.1) is 5.39 Å². The van der Waals surface area contributed by atoms with E-state index in [-0.39, 0.29) is 5.92 Å². The Kier molecular flexibility index (Phi) is 6.42. The molecule has 5 rings (SSSR count). The predicted molar refractivity (Wildman–Crippen MR) is 133 cm³/mol. The molecule has 6 heteroatoms. The second-order valence-electron chi connectivity index (χ2n) is 10.4. The van der Waals surface area contributed by atoms with Gasteiger partial charge >= 0.3 is 0 Å². The largest absolute Gasteiger partial charge is 0.352 e. The molecule has 0 N–H and O–H groups in total. The number of hydrogen-bond donors (Lipinski definition) is 0. The number of carbonyl (C=O) groups is 1. The van der Waals surface area contributed by atoms with Gasteiger partial charge in [-0.1, -0.05) is 40.0 Å². The Morgan fingerprint density at radius 1 is 1.09 bits per heavy atom. The molecule has 3 aliphatic rings. The number of aryl methyl sites for hydroxylation is 1. The quantitative estimate of drug-likeness (QED) is 0.607. The second kappa shape index (κ2) is 9.28. The van der Waals surface area contributed by atoms with Crippen LogP contribution in [0.2, 0.25) is 0 Å². The number of anilines is 1. The molecule has 2 aromatic heterocycles. The van der Waals surface area contributed by atoms with E-state index in [1.165, 1.54) is 52.8 Å². The third-order valence-corrected chi connectivity index (χ3v) is 9.20. The van der Waals surface area contributed by atoms with Gasteiger partial charge in [0.15, 0.2) is 0 Å². The maximum Gasteiger partial charge on any atom is 0.225 e. The number of thiophene rings is 1. The zero-order valence-electron chi connectivity index (χ0n) is 20.0. The minimum absolute atomic E-state index is 0.268. The Labute approximate surface area is 196 Å². The standard InChI is InChI=1S/C26H38N4OS/c1-4-18(3)23-27-24(22-20-11-10-17(2)16-21(20)32-25(22)28-23)29-12-14-30(15-13-29)26(31)19-8-6-5-7-9-19/h17-19H,4-16H2,1-3H3. The van der Waals surface area contributed by atoms with Gasteiger partial charge in [-0.05, 0) is 50.0 Å². The van der Waals surface area contributed by atoms with Crippen LogP contribution >= 0.6 is 11.3 Å². The van der Waals surface area contributed by atoms with E-state index in [1.54, 1.807) is 0 Å². The molecular weight excluding hydrogens is 416 g/mol. The van der Waals surface area contributed by atoms with Crippen LogP contribution in [-0.4, -0.2) is 47.0 Å². The molecule has 3 heterocycles. The number of carbonyl (C=O) groups excluding carboxylic acids is 1. The summed E-state index contributed by atoms with van der Waals surface area (Å²) in [5.74, 6) is 3.92. The van der Waals surface area contributed by atoms with E-state index in [4.69, 9.17) is 9.97 Å². The second-order valence-corrected chi connectivity index (χ2v) is 11.5. The molecule has 1 saturated carbocycles. The average molecular weight is 455 g/mol. The molecule has 0 spiro atoms.